The third kappa shape index (κ3) is 4.55. The summed E-state index contributed by atoms with van der Waals surface area (Å²) < 4.78 is 0. The molecule has 1 aliphatic heterocycles. The number of nitrogens with one attached hydrogen (secondary N) is 2. The number of aromatic nitrogens is 3. The van der Waals surface area contributed by atoms with E-state index in [9.17, 15) is 4.79 Å². The predicted octanol–water partition coefficient (Wildman–Crippen LogP) is 2.45. The molecule has 0 amide bonds. The number of likely N-dealkylation sites (tertiary alicyclic amines) is 1. The molecule has 7 heteroatoms. The summed E-state index contributed by atoms with van der Waals surface area (Å²) in [6.07, 6.45) is 2.27. The average Bonchev–Trinajstić information content (AvgIpc) is 2.59. The van der Waals surface area contributed by atoms with E-state index < -0.39 is 5.69 Å². The van der Waals surface area contributed by atoms with Crippen LogP contribution in [0.4, 0.5) is 5.82 Å². The van der Waals surface area contributed by atoms with Gasteiger partial charge in [0.2, 0.25) is 0 Å². The van der Waals surface area contributed by atoms with Crippen molar-refractivity contribution in [2.75, 3.05) is 25.0 Å². The van der Waals surface area contributed by atoms with E-state index in [1.807, 2.05) is 19.1 Å². The summed E-state index contributed by atoms with van der Waals surface area (Å²) in [7, 11) is 0. The van der Waals surface area contributed by atoms with Crippen LogP contribution in [-0.2, 0) is 6.54 Å². The zero-order valence-corrected chi connectivity index (χ0v) is 14.5. The van der Waals surface area contributed by atoms with Gasteiger partial charge in [-0.05, 0) is 56.5 Å². The SMILES string of the molecule is Cc1n[nH]c(=O)nc1NCC1CCN(Cc2ccc(Cl)cc2)CC1. The molecule has 1 aromatic heterocycles. The zero-order chi connectivity index (χ0) is 16.9. The van der Waals surface area contributed by atoms with Gasteiger partial charge in [-0.15, -0.1) is 0 Å². The Bertz CT molecular complexity index is 723. The number of rotatable bonds is 5. The first-order valence-electron chi connectivity index (χ1n) is 8.24. The third-order valence-corrected chi connectivity index (χ3v) is 4.71. The van der Waals surface area contributed by atoms with Gasteiger partial charge in [-0.1, -0.05) is 23.7 Å². The largest absolute Gasteiger partial charge is 0.368 e. The summed E-state index contributed by atoms with van der Waals surface area (Å²) in [5.41, 5.74) is 1.60. The fourth-order valence-corrected chi connectivity index (χ4v) is 3.12. The van der Waals surface area contributed by atoms with Crippen molar-refractivity contribution in [3.05, 3.63) is 51.0 Å². The van der Waals surface area contributed by atoms with E-state index in [2.05, 4.69) is 37.5 Å². The molecule has 3 rings (SSSR count). The fourth-order valence-electron chi connectivity index (χ4n) is 3.00. The Morgan fingerprint density at radius 3 is 2.71 bits per heavy atom. The minimum Gasteiger partial charge on any atom is -0.368 e. The summed E-state index contributed by atoms with van der Waals surface area (Å²) in [6.45, 7) is 5.79. The second kappa shape index (κ2) is 7.77. The molecule has 0 aliphatic carbocycles. The third-order valence-electron chi connectivity index (χ3n) is 4.46. The first-order chi connectivity index (χ1) is 11.6. The second-order valence-electron chi connectivity index (χ2n) is 6.30. The monoisotopic (exact) mass is 347 g/mol. The molecular weight excluding hydrogens is 326 g/mol. The minimum atomic E-state index is -0.416. The average molecular weight is 348 g/mol. The number of hydrogen-bond donors (Lipinski definition) is 2. The van der Waals surface area contributed by atoms with E-state index >= 15 is 0 Å². The van der Waals surface area contributed by atoms with E-state index in [0.717, 1.165) is 49.7 Å². The highest BCUT2D eigenvalue weighted by Crippen LogP contribution is 2.20. The lowest BCUT2D eigenvalue weighted by molar-refractivity contribution is 0.182. The lowest BCUT2D eigenvalue weighted by atomic mass is 9.96. The Hall–Kier alpha value is -1.92. The highest BCUT2D eigenvalue weighted by Gasteiger charge is 2.19. The molecule has 24 heavy (non-hydrogen) atoms. The zero-order valence-electron chi connectivity index (χ0n) is 13.8. The molecule has 0 spiro atoms. The summed E-state index contributed by atoms with van der Waals surface area (Å²) in [6, 6.07) is 8.06. The number of halogens is 1. The van der Waals surface area contributed by atoms with Crippen molar-refractivity contribution in [3.63, 3.8) is 0 Å². The summed E-state index contributed by atoms with van der Waals surface area (Å²) in [5.74, 6) is 1.18. The van der Waals surface area contributed by atoms with Gasteiger partial charge < -0.3 is 5.32 Å². The van der Waals surface area contributed by atoms with Gasteiger partial charge in [0, 0.05) is 18.1 Å². The maximum absolute atomic E-state index is 11.2. The van der Waals surface area contributed by atoms with Crippen molar-refractivity contribution < 1.29 is 0 Å². The second-order valence-corrected chi connectivity index (χ2v) is 6.74. The first kappa shape index (κ1) is 16.9. The topological polar surface area (TPSA) is 73.9 Å². The molecule has 1 fully saturated rings. The molecule has 6 nitrogen and oxygen atoms in total. The van der Waals surface area contributed by atoms with Gasteiger partial charge in [0.05, 0.1) is 0 Å². The van der Waals surface area contributed by atoms with E-state index in [-0.39, 0.29) is 0 Å². The summed E-state index contributed by atoms with van der Waals surface area (Å²) in [5, 5.41) is 10.3. The van der Waals surface area contributed by atoms with Crippen LogP contribution in [0.1, 0.15) is 24.1 Å². The van der Waals surface area contributed by atoms with Crippen LogP contribution < -0.4 is 11.0 Å². The number of nitrogens with zero attached hydrogens (tertiary/aromatic N) is 3. The van der Waals surface area contributed by atoms with Crippen LogP contribution in [-0.4, -0.2) is 39.7 Å². The Balaban J connectivity index is 1.46. The van der Waals surface area contributed by atoms with Crippen molar-refractivity contribution in [1.82, 2.24) is 20.1 Å². The number of aryl methyl sites for hydroxylation is 1. The molecule has 2 heterocycles. The number of hydrogen-bond acceptors (Lipinski definition) is 5. The summed E-state index contributed by atoms with van der Waals surface area (Å²) in [4.78, 5) is 17.6. The molecular formula is C17H22ClN5O. The van der Waals surface area contributed by atoms with E-state index in [4.69, 9.17) is 11.6 Å². The highest BCUT2D eigenvalue weighted by atomic mass is 35.5. The van der Waals surface area contributed by atoms with E-state index in [1.165, 1.54) is 5.56 Å². The molecule has 0 saturated carbocycles. The maximum Gasteiger partial charge on any atom is 0.363 e. The number of aromatic amines is 1. The number of H-pyrrole nitrogens is 1. The lowest BCUT2D eigenvalue weighted by Gasteiger charge is -2.32. The van der Waals surface area contributed by atoms with Crippen molar-refractivity contribution in [1.29, 1.82) is 0 Å². The molecule has 128 valence electrons. The van der Waals surface area contributed by atoms with Crippen molar-refractivity contribution in [3.8, 4) is 0 Å². The van der Waals surface area contributed by atoms with Gasteiger partial charge in [0.25, 0.3) is 0 Å². The van der Waals surface area contributed by atoms with Crippen molar-refractivity contribution in [2.24, 2.45) is 5.92 Å². The normalized spacial score (nSPS) is 16.2. The Kier molecular flexibility index (Phi) is 5.48. The van der Waals surface area contributed by atoms with Crippen LogP contribution in [0.2, 0.25) is 5.02 Å². The predicted molar refractivity (Wildman–Crippen MR) is 95.3 cm³/mol. The Morgan fingerprint density at radius 2 is 2.00 bits per heavy atom. The molecule has 1 aromatic carbocycles. The molecule has 0 bridgehead atoms. The van der Waals surface area contributed by atoms with E-state index in [0.29, 0.717) is 11.7 Å². The maximum atomic E-state index is 11.2. The number of piperidine rings is 1. The molecule has 0 radical (unpaired) electrons. The van der Waals surface area contributed by atoms with Gasteiger partial charge in [-0.25, -0.2) is 9.89 Å². The standard InChI is InChI=1S/C17H22ClN5O/c1-12-16(20-17(24)22-21-12)19-10-13-6-8-23(9-7-13)11-14-2-4-15(18)5-3-14/h2-5,13H,6-11H2,1H3,(H2,19,20,22,24). The van der Waals surface area contributed by atoms with Crippen molar-refractivity contribution in [2.45, 2.75) is 26.3 Å². The number of anilines is 1. The van der Waals surface area contributed by atoms with Crippen LogP contribution in [0.5, 0.6) is 0 Å². The van der Waals surface area contributed by atoms with Crippen molar-refractivity contribution >= 4 is 17.4 Å². The fraction of sp³-hybridized carbons (Fsp3) is 0.471. The summed E-state index contributed by atoms with van der Waals surface area (Å²) >= 11 is 5.93. The number of benzene rings is 1. The van der Waals surface area contributed by atoms with E-state index in [1.54, 1.807) is 0 Å². The molecule has 0 atom stereocenters. The lowest BCUT2D eigenvalue weighted by Crippen LogP contribution is -2.35. The van der Waals surface area contributed by atoms with Crippen LogP contribution in [0, 0.1) is 12.8 Å². The molecule has 2 aromatic rings. The molecule has 1 aliphatic rings. The Morgan fingerprint density at radius 1 is 1.29 bits per heavy atom. The molecule has 1 saturated heterocycles. The first-order valence-corrected chi connectivity index (χ1v) is 8.62. The highest BCUT2D eigenvalue weighted by molar-refractivity contribution is 6.30. The van der Waals surface area contributed by atoms with Gasteiger partial charge in [0.15, 0.2) is 5.82 Å². The van der Waals surface area contributed by atoms with Gasteiger partial charge in [-0.3, -0.25) is 4.90 Å². The minimum absolute atomic E-state index is 0.416. The van der Waals surface area contributed by atoms with Crippen LogP contribution in [0.25, 0.3) is 0 Å². The van der Waals surface area contributed by atoms with Crippen LogP contribution >= 0.6 is 11.6 Å². The van der Waals surface area contributed by atoms with Crippen LogP contribution in [0.3, 0.4) is 0 Å². The smallest absolute Gasteiger partial charge is 0.363 e. The quantitative estimate of drug-likeness (QED) is 0.869. The Labute approximate surface area is 146 Å². The van der Waals surface area contributed by atoms with Gasteiger partial charge in [-0.2, -0.15) is 10.1 Å². The van der Waals surface area contributed by atoms with Crippen LogP contribution in [0.15, 0.2) is 29.1 Å². The van der Waals surface area contributed by atoms with Gasteiger partial charge >= 0.3 is 5.69 Å². The molecule has 0 unspecified atom stereocenters. The molecule has 2 N–H and O–H groups in total. The van der Waals surface area contributed by atoms with Gasteiger partial charge in [0.1, 0.15) is 5.69 Å².